The van der Waals surface area contributed by atoms with Crippen molar-refractivity contribution in [1.82, 2.24) is 5.32 Å². The molecule has 46 heavy (non-hydrogen) atoms. The average Bonchev–Trinajstić information content (AvgIpc) is 2.91. The van der Waals surface area contributed by atoms with E-state index in [0.717, 1.165) is 48.5 Å². The van der Waals surface area contributed by atoms with Crippen molar-refractivity contribution in [2.45, 2.75) is 110 Å². The van der Waals surface area contributed by atoms with Crippen LogP contribution < -0.4 is 5.32 Å². The zero-order valence-electron chi connectivity index (χ0n) is 26.1. The highest BCUT2D eigenvalue weighted by atomic mass is 16.8. The molecule has 20 heteroatoms. The number of amides is 1. The molecule has 256 valence electrons. The molecule has 2 aliphatic rings. The first-order chi connectivity index (χ1) is 21.5. The van der Waals surface area contributed by atoms with Crippen molar-refractivity contribution in [2.24, 2.45) is 5.11 Å². The summed E-state index contributed by atoms with van der Waals surface area (Å²) in [5, 5.41) is 5.99. The molecule has 0 aromatic carbocycles. The van der Waals surface area contributed by atoms with E-state index < -0.39 is 116 Å². The van der Waals surface area contributed by atoms with Crippen LogP contribution in [0, 0.1) is 0 Å². The molecule has 1 N–H and O–H groups in total. The van der Waals surface area contributed by atoms with Crippen LogP contribution in [0.3, 0.4) is 0 Å². The Hall–Kier alpha value is -4.52. The number of ether oxygens (including phenoxy) is 9. The molecule has 4 unspecified atom stereocenters. The van der Waals surface area contributed by atoms with E-state index in [2.05, 4.69) is 15.3 Å². The maximum atomic E-state index is 12.3. The van der Waals surface area contributed by atoms with Crippen LogP contribution >= 0.6 is 0 Å². The molecule has 0 radical (unpaired) electrons. The minimum atomic E-state index is -1.79. The zero-order chi connectivity index (χ0) is 34.7. The van der Waals surface area contributed by atoms with Crippen molar-refractivity contribution < 1.29 is 76.2 Å². The minimum Gasteiger partial charge on any atom is -0.463 e. The second-order valence-electron chi connectivity index (χ2n) is 10.0. The molecule has 0 bridgehead atoms. The average molecular weight is 661 g/mol. The molecule has 2 aliphatic heterocycles. The number of nitrogens with one attached hydrogen (secondary N) is 1. The van der Waals surface area contributed by atoms with Crippen LogP contribution in [0.4, 0.5) is 0 Å². The van der Waals surface area contributed by atoms with Gasteiger partial charge >= 0.3 is 35.8 Å². The first-order valence-electron chi connectivity index (χ1n) is 13.8. The zero-order valence-corrected chi connectivity index (χ0v) is 26.1. The highest BCUT2D eigenvalue weighted by molar-refractivity contribution is 5.73. The third kappa shape index (κ3) is 11.1. The summed E-state index contributed by atoms with van der Waals surface area (Å²) in [6.07, 6.45) is -14.0. The van der Waals surface area contributed by atoms with Gasteiger partial charge in [-0.05, 0) is 5.53 Å². The van der Waals surface area contributed by atoms with Crippen molar-refractivity contribution in [3.63, 3.8) is 0 Å². The fourth-order valence-corrected chi connectivity index (χ4v) is 4.74. The second kappa shape index (κ2) is 17.2. The molecule has 0 saturated carbocycles. The third-order valence-electron chi connectivity index (χ3n) is 6.19. The number of hydrogen-bond acceptors (Lipinski definition) is 17. The Labute approximate surface area is 262 Å². The van der Waals surface area contributed by atoms with Gasteiger partial charge in [-0.15, -0.1) is 0 Å². The second-order valence-corrected chi connectivity index (χ2v) is 10.0. The van der Waals surface area contributed by atoms with Crippen LogP contribution in [0.15, 0.2) is 5.11 Å². The number of carbonyl (C=O) groups excluding carboxylic acids is 7. The summed E-state index contributed by atoms with van der Waals surface area (Å²) in [7, 11) is 0. The lowest BCUT2D eigenvalue weighted by Gasteiger charge is -2.48. The predicted molar refractivity (Wildman–Crippen MR) is 144 cm³/mol. The summed E-state index contributed by atoms with van der Waals surface area (Å²) in [6, 6.07) is -1.39. The van der Waals surface area contributed by atoms with Crippen LogP contribution in [0.5, 0.6) is 0 Å². The van der Waals surface area contributed by atoms with E-state index in [1.165, 1.54) is 0 Å². The summed E-state index contributed by atoms with van der Waals surface area (Å²) in [5.74, 6) is -5.75. The van der Waals surface area contributed by atoms with E-state index in [1.807, 2.05) is 0 Å². The van der Waals surface area contributed by atoms with E-state index in [-0.39, 0.29) is 0 Å². The van der Waals surface area contributed by atoms with Gasteiger partial charge in [0.15, 0.2) is 36.9 Å². The van der Waals surface area contributed by atoms with Gasteiger partial charge in [0.05, 0.1) is 0 Å². The normalized spacial score (nSPS) is 30.3. The molecule has 0 aromatic rings. The maximum Gasteiger partial charge on any atom is 0.303 e. The van der Waals surface area contributed by atoms with Crippen LogP contribution in [-0.2, 0) is 76.2 Å². The Morgan fingerprint density at radius 2 is 1.09 bits per heavy atom. The lowest BCUT2D eigenvalue weighted by atomic mass is 9.94. The molecule has 2 heterocycles. The van der Waals surface area contributed by atoms with Gasteiger partial charge in [0.1, 0.15) is 37.6 Å². The number of azide groups is 1. The maximum absolute atomic E-state index is 12.3. The number of nitrogens with zero attached hydrogens (tertiary/aromatic N) is 3. The molecular formula is C26H36N4O16. The molecule has 2 fully saturated rings. The monoisotopic (exact) mass is 660 g/mol. The quantitative estimate of drug-likeness (QED) is 0.0908. The third-order valence-corrected chi connectivity index (χ3v) is 6.19. The van der Waals surface area contributed by atoms with Crippen molar-refractivity contribution >= 4 is 41.7 Å². The lowest BCUT2D eigenvalue weighted by Crippen LogP contribution is -2.68. The largest absolute Gasteiger partial charge is 0.463 e. The number of hydrogen-bond donors (Lipinski definition) is 1. The van der Waals surface area contributed by atoms with E-state index in [9.17, 15) is 33.6 Å². The van der Waals surface area contributed by atoms with Crippen LogP contribution in [0.2, 0.25) is 0 Å². The van der Waals surface area contributed by atoms with Gasteiger partial charge in [0.2, 0.25) is 5.91 Å². The minimum absolute atomic E-state index is 0.573. The summed E-state index contributed by atoms with van der Waals surface area (Å²) in [4.78, 5) is 87.0. The Kier molecular flexibility index (Phi) is 14.1. The lowest BCUT2D eigenvalue weighted by molar-refractivity contribution is -0.339. The first-order valence-corrected chi connectivity index (χ1v) is 13.8. The van der Waals surface area contributed by atoms with E-state index in [4.69, 9.17) is 48.2 Å². The SMILES string of the molecule is CC(=O)NC1[C@H](N=[N+]=[N-])OC(COC(C)=O)[C@@H](O[C@@H]2OC(COC(C)=O)[C@H](OC(C)=O)[C@H](OC(C)=O)C2OC(C)=O)[C@@H]1OC(C)=O. The molecule has 0 spiro atoms. The standard InChI is InChI=1S/C26H36N4O16/c1-10(31)28-19-22(41-14(5)35)20(17(8-38-11(2)32)44-25(19)29-30-27)46-26-24(43-16(7)37)23(42-15(6)36)21(40-13(4)34)18(45-26)9-39-12(3)33/h17-26H,8-9H2,1-7H3,(H,28,31)/t17?,18?,19?,20-,21+,22-,23+,24?,25-,26+/m1/s1. The van der Waals surface area contributed by atoms with Crippen molar-refractivity contribution in [3.8, 4) is 0 Å². The Balaban J connectivity index is 2.73. The highest BCUT2D eigenvalue weighted by Gasteiger charge is 2.56. The Morgan fingerprint density at radius 1 is 0.630 bits per heavy atom. The number of carbonyl (C=O) groups is 7. The fourth-order valence-electron chi connectivity index (χ4n) is 4.74. The van der Waals surface area contributed by atoms with Crippen LogP contribution in [0.1, 0.15) is 48.5 Å². The van der Waals surface area contributed by atoms with Gasteiger partial charge < -0.3 is 47.9 Å². The molecular weight excluding hydrogens is 624 g/mol. The number of rotatable bonds is 12. The summed E-state index contributed by atoms with van der Waals surface area (Å²) in [6.45, 7) is 6.27. The van der Waals surface area contributed by atoms with E-state index in [0.29, 0.717) is 0 Å². The van der Waals surface area contributed by atoms with Crippen LogP contribution in [0.25, 0.3) is 10.4 Å². The predicted octanol–water partition coefficient (Wildman–Crippen LogP) is -0.511. The Bertz CT molecular complexity index is 1220. The van der Waals surface area contributed by atoms with Gasteiger partial charge in [-0.2, -0.15) is 0 Å². The van der Waals surface area contributed by atoms with Gasteiger partial charge in [-0.3, -0.25) is 33.6 Å². The van der Waals surface area contributed by atoms with Gasteiger partial charge in [0.25, 0.3) is 0 Å². The van der Waals surface area contributed by atoms with Crippen molar-refractivity contribution in [1.29, 1.82) is 0 Å². The van der Waals surface area contributed by atoms with E-state index in [1.54, 1.807) is 0 Å². The van der Waals surface area contributed by atoms with Crippen molar-refractivity contribution in [3.05, 3.63) is 10.4 Å². The summed E-state index contributed by atoms with van der Waals surface area (Å²) in [5.41, 5.74) is 9.16. The van der Waals surface area contributed by atoms with Gasteiger partial charge in [-0.1, -0.05) is 5.11 Å². The fraction of sp³-hybridized carbons (Fsp3) is 0.731. The van der Waals surface area contributed by atoms with E-state index >= 15 is 0 Å². The van der Waals surface area contributed by atoms with Crippen molar-refractivity contribution in [2.75, 3.05) is 13.2 Å². The smallest absolute Gasteiger partial charge is 0.303 e. The molecule has 2 rings (SSSR count). The van der Waals surface area contributed by atoms with Gasteiger partial charge in [-0.25, -0.2) is 0 Å². The summed E-state index contributed by atoms with van der Waals surface area (Å²) < 4.78 is 49.8. The number of esters is 6. The first kappa shape index (κ1) is 37.7. The highest BCUT2D eigenvalue weighted by Crippen LogP contribution is 2.34. The van der Waals surface area contributed by atoms with Crippen LogP contribution in [-0.4, -0.2) is 116 Å². The molecule has 2 saturated heterocycles. The molecule has 1 amide bonds. The Morgan fingerprint density at radius 3 is 1.54 bits per heavy atom. The topological polar surface area (TPSA) is 263 Å². The molecule has 0 aliphatic carbocycles. The van der Waals surface area contributed by atoms with Gasteiger partial charge in [0, 0.05) is 53.4 Å². The molecule has 10 atom stereocenters. The molecule has 0 aromatic heterocycles. The summed E-state index contributed by atoms with van der Waals surface area (Å²) >= 11 is 0. The molecule has 20 nitrogen and oxygen atoms in total.